The van der Waals surface area contributed by atoms with Crippen molar-refractivity contribution in [2.24, 2.45) is 0 Å². The van der Waals surface area contributed by atoms with Crippen molar-refractivity contribution in [3.05, 3.63) is 34.7 Å². The van der Waals surface area contributed by atoms with Crippen LogP contribution in [0.25, 0.3) is 10.1 Å². The third-order valence-electron chi connectivity index (χ3n) is 3.54. The van der Waals surface area contributed by atoms with Gasteiger partial charge < -0.3 is 4.55 Å². The van der Waals surface area contributed by atoms with E-state index in [2.05, 4.69) is 0 Å². The number of hydrogen-bond acceptors (Lipinski definition) is 3. The molecule has 0 amide bonds. The van der Waals surface area contributed by atoms with Crippen LogP contribution in [-0.4, -0.2) is 18.5 Å². The monoisotopic (exact) mass is 436 g/mol. The number of thiophene rings is 1. The fourth-order valence-electron chi connectivity index (χ4n) is 2.19. The van der Waals surface area contributed by atoms with E-state index in [4.69, 9.17) is 13.0 Å². The molecule has 1 atom stereocenters. The Bertz CT molecular complexity index is 903. The molecule has 1 unspecified atom stereocenters. The van der Waals surface area contributed by atoms with Crippen molar-refractivity contribution < 1.29 is 39.3 Å². The lowest BCUT2D eigenvalue weighted by molar-refractivity contribution is -0.0867. The Kier molecular flexibility index (Phi) is 6.67. The highest BCUT2D eigenvalue weighted by molar-refractivity contribution is 7.86. The molecule has 0 aliphatic rings. The minimum atomic E-state index is -6.09. The van der Waals surface area contributed by atoms with E-state index >= 15 is 0 Å². The van der Waals surface area contributed by atoms with Gasteiger partial charge in [0.05, 0.1) is 10.5 Å². The Morgan fingerprint density at radius 2 is 1.48 bits per heavy atom. The van der Waals surface area contributed by atoms with Gasteiger partial charge in [-0.05, 0) is 17.0 Å². The van der Waals surface area contributed by atoms with Gasteiger partial charge >= 0.3 is 11.0 Å². The van der Waals surface area contributed by atoms with Gasteiger partial charge in [-0.2, -0.15) is 13.2 Å². The third kappa shape index (κ3) is 5.82. The van der Waals surface area contributed by atoms with Crippen LogP contribution in [0.2, 0.25) is 0 Å². The number of halogens is 6. The Morgan fingerprint density at radius 3 is 1.81 bits per heavy atom. The smallest absolute Gasteiger partial charge is 0.600 e. The van der Waals surface area contributed by atoms with Crippen molar-refractivity contribution in [2.75, 3.05) is 0 Å². The van der Waals surface area contributed by atoms with E-state index in [1.165, 1.54) is 0 Å². The molecule has 27 heavy (non-hydrogen) atoms. The number of benzene rings is 1. The first-order valence-corrected chi connectivity index (χ1v) is 10.2. The zero-order chi connectivity index (χ0) is 21.4. The molecular weight excluding hydrogens is 418 g/mol. The Labute approximate surface area is 155 Å². The summed E-state index contributed by atoms with van der Waals surface area (Å²) < 4.78 is 99.2. The van der Waals surface area contributed by atoms with Gasteiger partial charge in [-0.1, -0.05) is 33.8 Å². The molecular formula is C16H18F6O3S2. The van der Waals surface area contributed by atoms with Crippen LogP contribution in [0.15, 0.2) is 24.3 Å². The van der Waals surface area contributed by atoms with Crippen LogP contribution in [0.1, 0.15) is 38.1 Å². The maximum absolute atomic E-state index is 13.3. The SMILES string of the molecule is CCc1cc2ccc(C(C)(C)C)cc2[s+]1C(F)(F)F.O=S(=O)([O-])C(F)(F)F. The molecule has 3 nitrogen and oxygen atoms in total. The average molecular weight is 436 g/mol. The maximum atomic E-state index is 13.3. The molecule has 0 aliphatic carbocycles. The summed E-state index contributed by atoms with van der Waals surface area (Å²) in [5, 5.41) is 0.727. The van der Waals surface area contributed by atoms with Gasteiger partial charge in [0.15, 0.2) is 19.7 Å². The van der Waals surface area contributed by atoms with E-state index in [9.17, 15) is 26.3 Å². The molecule has 154 valence electrons. The zero-order valence-corrected chi connectivity index (χ0v) is 16.5. The van der Waals surface area contributed by atoms with E-state index in [1.807, 2.05) is 32.9 Å². The van der Waals surface area contributed by atoms with Gasteiger partial charge in [0.2, 0.25) is 0 Å². The fraction of sp³-hybridized carbons (Fsp3) is 0.500. The number of aryl methyl sites for hydroxylation is 1. The van der Waals surface area contributed by atoms with Crippen LogP contribution < -0.4 is 0 Å². The second-order valence-electron chi connectivity index (χ2n) is 6.62. The van der Waals surface area contributed by atoms with Gasteiger partial charge in [0, 0.05) is 23.9 Å². The van der Waals surface area contributed by atoms with Crippen molar-refractivity contribution in [1.82, 2.24) is 0 Å². The lowest BCUT2D eigenvalue weighted by Gasteiger charge is -2.18. The van der Waals surface area contributed by atoms with E-state index in [0.717, 1.165) is 10.9 Å². The molecule has 0 spiro atoms. The lowest BCUT2D eigenvalue weighted by Crippen LogP contribution is -2.21. The summed E-state index contributed by atoms with van der Waals surface area (Å²) in [4.78, 5) is 0.494. The summed E-state index contributed by atoms with van der Waals surface area (Å²) in [5.41, 5.74) is -9.00. The summed E-state index contributed by atoms with van der Waals surface area (Å²) in [6, 6.07) is 7.21. The quantitative estimate of drug-likeness (QED) is 0.239. The Balaban J connectivity index is 0.000000387. The molecule has 0 bridgehead atoms. The Morgan fingerprint density at radius 1 is 1.00 bits per heavy atom. The maximum Gasteiger partial charge on any atom is 0.600 e. The van der Waals surface area contributed by atoms with Crippen LogP contribution in [0.3, 0.4) is 0 Å². The second kappa shape index (κ2) is 7.59. The summed E-state index contributed by atoms with van der Waals surface area (Å²) in [5.74, 6) is 0. The number of rotatable bonds is 1. The molecule has 0 N–H and O–H groups in total. The number of alkyl halides is 6. The standard InChI is InChI=1S/C15H18F3S.CHF3O3S/c1-5-12-8-10-6-7-11(14(2,3)4)9-13(10)19(12)15(16,17)18;2-1(3,4)8(5,6)7/h6-9H,5H2,1-4H3;(H,5,6,7)/q+1;/p-1. The van der Waals surface area contributed by atoms with Gasteiger partial charge in [-0.3, -0.25) is 0 Å². The van der Waals surface area contributed by atoms with Gasteiger partial charge in [-0.15, -0.1) is 13.2 Å². The van der Waals surface area contributed by atoms with Crippen LogP contribution in [0, 0.1) is 0 Å². The zero-order valence-electron chi connectivity index (χ0n) is 14.8. The molecule has 0 radical (unpaired) electrons. The van der Waals surface area contributed by atoms with Crippen molar-refractivity contribution in [3.8, 4) is 0 Å². The summed E-state index contributed by atoms with van der Waals surface area (Å²) in [6.45, 7) is 7.84. The van der Waals surface area contributed by atoms with Gasteiger partial charge in [0.1, 0.15) is 0 Å². The van der Waals surface area contributed by atoms with Crippen molar-refractivity contribution in [1.29, 1.82) is 0 Å². The van der Waals surface area contributed by atoms with Crippen LogP contribution in [0.4, 0.5) is 26.3 Å². The van der Waals surface area contributed by atoms with Crippen LogP contribution in [-0.2, 0) is 27.5 Å². The minimum Gasteiger partial charge on any atom is -0.741 e. The first kappa shape index (κ1) is 23.7. The predicted octanol–water partition coefficient (Wildman–Crippen LogP) is 5.98. The fourth-order valence-corrected chi connectivity index (χ4v) is 4.16. The first-order chi connectivity index (χ1) is 11.9. The van der Waals surface area contributed by atoms with Gasteiger partial charge in [-0.25, -0.2) is 8.42 Å². The topological polar surface area (TPSA) is 57.2 Å². The molecule has 0 fully saturated rings. The van der Waals surface area contributed by atoms with E-state index in [0.29, 0.717) is 16.0 Å². The van der Waals surface area contributed by atoms with Gasteiger partial charge in [0.25, 0.3) is 0 Å². The Hall–Kier alpha value is -1.33. The molecule has 1 aromatic carbocycles. The average Bonchev–Trinajstić information content (AvgIpc) is 2.82. The lowest BCUT2D eigenvalue weighted by atomic mass is 9.87. The summed E-state index contributed by atoms with van der Waals surface area (Å²) in [7, 11) is -7.83. The van der Waals surface area contributed by atoms with Crippen molar-refractivity contribution in [2.45, 2.75) is 50.5 Å². The molecule has 1 aromatic heterocycles. The summed E-state index contributed by atoms with van der Waals surface area (Å²) >= 11 is 0. The normalized spacial score (nSPS) is 14.1. The first-order valence-electron chi connectivity index (χ1n) is 7.58. The van der Waals surface area contributed by atoms with E-state index < -0.39 is 31.6 Å². The predicted molar refractivity (Wildman–Crippen MR) is 91.6 cm³/mol. The van der Waals surface area contributed by atoms with Crippen LogP contribution in [0.5, 0.6) is 0 Å². The highest BCUT2D eigenvalue weighted by atomic mass is 32.2. The second-order valence-corrected chi connectivity index (χ2v) is 10.0. The number of fused-ring (bicyclic) bond motifs is 1. The highest BCUT2D eigenvalue weighted by Crippen LogP contribution is 2.51. The molecule has 1 heterocycles. The molecule has 0 saturated heterocycles. The van der Waals surface area contributed by atoms with Crippen LogP contribution >= 0.6 is 10.5 Å². The van der Waals surface area contributed by atoms with E-state index in [1.54, 1.807) is 19.1 Å². The largest absolute Gasteiger partial charge is 0.741 e. The molecule has 0 saturated carbocycles. The van der Waals surface area contributed by atoms with Crippen molar-refractivity contribution >= 4 is 30.7 Å². The number of hydrogen-bond donors (Lipinski definition) is 0. The van der Waals surface area contributed by atoms with Crippen molar-refractivity contribution in [3.63, 3.8) is 0 Å². The summed E-state index contributed by atoms with van der Waals surface area (Å²) in [6.07, 6.45) is 0.447. The molecule has 2 aromatic rings. The molecule has 0 aliphatic heterocycles. The van der Waals surface area contributed by atoms with E-state index in [-0.39, 0.29) is 5.41 Å². The molecule has 11 heteroatoms. The minimum absolute atomic E-state index is 0.134. The highest BCUT2D eigenvalue weighted by Gasteiger charge is 2.47. The third-order valence-corrected chi connectivity index (χ3v) is 6.30. The molecule has 2 rings (SSSR count).